The number of likely N-dealkylation sites (tertiary alicyclic amines) is 1. The molecule has 4 nitrogen and oxygen atoms in total. The van der Waals surface area contributed by atoms with Gasteiger partial charge in [0.25, 0.3) is 0 Å². The van der Waals surface area contributed by atoms with Crippen molar-refractivity contribution >= 4 is 0 Å². The van der Waals surface area contributed by atoms with Crippen molar-refractivity contribution in [2.45, 2.75) is 37.9 Å². The molecule has 0 aliphatic carbocycles. The van der Waals surface area contributed by atoms with Gasteiger partial charge >= 0.3 is 0 Å². The van der Waals surface area contributed by atoms with Crippen LogP contribution in [-0.2, 0) is 18.5 Å². The van der Waals surface area contributed by atoms with Crippen LogP contribution in [0.3, 0.4) is 0 Å². The van der Waals surface area contributed by atoms with Crippen molar-refractivity contribution in [2.75, 3.05) is 13.1 Å². The first-order valence-electron chi connectivity index (χ1n) is 7.85. The Labute approximate surface area is 125 Å². The number of nitrogens with zero attached hydrogens (tertiary/aromatic N) is 2. The Morgan fingerprint density at radius 1 is 1.33 bits per heavy atom. The number of H-pyrrole nitrogens is 1. The molecule has 2 atom stereocenters. The zero-order valence-electron chi connectivity index (χ0n) is 12.5. The molecule has 2 N–H and O–H groups in total. The molecule has 0 radical (unpaired) electrons. The minimum Gasteiger partial charge on any atom is -0.348 e. The van der Waals surface area contributed by atoms with Gasteiger partial charge in [0.15, 0.2) is 0 Å². The van der Waals surface area contributed by atoms with Crippen LogP contribution in [-0.4, -0.2) is 34.0 Å². The van der Waals surface area contributed by atoms with E-state index in [0.29, 0.717) is 6.04 Å². The Morgan fingerprint density at radius 3 is 3.05 bits per heavy atom. The highest BCUT2D eigenvalue weighted by molar-refractivity contribution is 5.30. The van der Waals surface area contributed by atoms with E-state index in [1.165, 1.54) is 17.0 Å². The Bertz CT molecular complexity index is 621. The fourth-order valence-corrected chi connectivity index (χ4v) is 4.01. The van der Waals surface area contributed by atoms with Crippen molar-refractivity contribution in [2.24, 2.45) is 0 Å². The quantitative estimate of drug-likeness (QED) is 0.886. The number of rotatable bonds is 2. The smallest absolute Gasteiger partial charge is 0.0926 e. The Morgan fingerprint density at radius 2 is 2.19 bits per heavy atom. The molecule has 110 valence electrons. The van der Waals surface area contributed by atoms with Gasteiger partial charge in [0, 0.05) is 37.8 Å². The monoisotopic (exact) mass is 282 g/mol. The number of nitrogens with one attached hydrogen (secondary N) is 2. The van der Waals surface area contributed by atoms with Gasteiger partial charge in [-0.1, -0.05) is 30.3 Å². The highest BCUT2D eigenvalue weighted by Crippen LogP contribution is 2.40. The van der Waals surface area contributed by atoms with Gasteiger partial charge in [0.1, 0.15) is 0 Å². The fourth-order valence-electron chi connectivity index (χ4n) is 4.01. The minimum atomic E-state index is 0.0301. The molecular formula is C17H22N4. The summed E-state index contributed by atoms with van der Waals surface area (Å²) >= 11 is 0. The summed E-state index contributed by atoms with van der Waals surface area (Å²) in [4.78, 5) is 10.5. The van der Waals surface area contributed by atoms with Crippen LogP contribution in [0, 0.1) is 0 Å². The average Bonchev–Trinajstić information content (AvgIpc) is 3.11. The van der Waals surface area contributed by atoms with E-state index in [2.05, 4.69) is 57.4 Å². The summed E-state index contributed by atoms with van der Waals surface area (Å²) in [6.45, 7) is 5.52. The van der Waals surface area contributed by atoms with E-state index in [1.807, 2.05) is 6.33 Å². The van der Waals surface area contributed by atoms with Gasteiger partial charge in [-0.3, -0.25) is 4.90 Å². The third-order valence-electron chi connectivity index (χ3n) is 5.24. The predicted octanol–water partition coefficient (Wildman–Crippen LogP) is 2.05. The highest BCUT2D eigenvalue weighted by atomic mass is 15.3. The van der Waals surface area contributed by atoms with E-state index in [-0.39, 0.29) is 5.54 Å². The van der Waals surface area contributed by atoms with Crippen molar-refractivity contribution < 1.29 is 0 Å². The lowest BCUT2D eigenvalue weighted by molar-refractivity contribution is 0.180. The number of imidazole rings is 1. The summed E-state index contributed by atoms with van der Waals surface area (Å²) in [5.41, 5.74) is 3.99. The number of hydrogen-bond acceptors (Lipinski definition) is 3. The Hall–Kier alpha value is -1.65. The number of aromatic amines is 1. The van der Waals surface area contributed by atoms with E-state index in [0.717, 1.165) is 32.5 Å². The third-order valence-corrected chi connectivity index (χ3v) is 5.24. The number of benzene rings is 1. The summed E-state index contributed by atoms with van der Waals surface area (Å²) in [6, 6.07) is 11.2. The first-order valence-corrected chi connectivity index (χ1v) is 7.85. The SMILES string of the molecule is CC1N(Cc2ccccc2)CCC12NCCc1[nH]cnc12. The molecular weight excluding hydrogens is 260 g/mol. The van der Waals surface area contributed by atoms with Gasteiger partial charge in [-0.25, -0.2) is 4.98 Å². The zero-order chi connectivity index (χ0) is 14.3. The molecule has 0 saturated carbocycles. The topological polar surface area (TPSA) is 44.0 Å². The lowest BCUT2D eigenvalue weighted by atomic mass is 9.83. The van der Waals surface area contributed by atoms with E-state index < -0.39 is 0 Å². The van der Waals surface area contributed by atoms with Crippen LogP contribution in [0.15, 0.2) is 36.7 Å². The molecule has 2 unspecified atom stereocenters. The van der Waals surface area contributed by atoms with Crippen molar-refractivity contribution in [1.82, 2.24) is 20.2 Å². The number of fused-ring (bicyclic) bond motifs is 2. The number of hydrogen-bond donors (Lipinski definition) is 2. The van der Waals surface area contributed by atoms with Gasteiger partial charge in [-0.15, -0.1) is 0 Å². The molecule has 2 aliphatic heterocycles. The summed E-state index contributed by atoms with van der Waals surface area (Å²) in [7, 11) is 0. The normalized spacial score (nSPS) is 28.9. The number of aromatic nitrogens is 2. The molecule has 1 spiro atoms. The van der Waals surface area contributed by atoms with Gasteiger partial charge in [0.2, 0.25) is 0 Å². The first-order chi connectivity index (χ1) is 10.3. The molecule has 0 amide bonds. The minimum absolute atomic E-state index is 0.0301. The van der Waals surface area contributed by atoms with Crippen LogP contribution < -0.4 is 5.32 Å². The van der Waals surface area contributed by atoms with E-state index in [9.17, 15) is 0 Å². The van der Waals surface area contributed by atoms with Crippen molar-refractivity contribution in [1.29, 1.82) is 0 Å². The van der Waals surface area contributed by atoms with Crippen LogP contribution in [0.5, 0.6) is 0 Å². The van der Waals surface area contributed by atoms with Gasteiger partial charge in [0.05, 0.1) is 17.6 Å². The maximum absolute atomic E-state index is 4.64. The molecule has 3 heterocycles. The van der Waals surface area contributed by atoms with Crippen LogP contribution in [0.2, 0.25) is 0 Å². The maximum Gasteiger partial charge on any atom is 0.0926 e. The molecule has 21 heavy (non-hydrogen) atoms. The zero-order valence-corrected chi connectivity index (χ0v) is 12.5. The van der Waals surface area contributed by atoms with Crippen LogP contribution in [0.1, 0.15) is 30.3 Å². The fraction of sp³-hybridized carbons (Fsp3) is 0.471. The summed E-state index contributed by atoms with van der Waals surface area (Å²) in [5, 5.41) is 3.78. The molecule has 2 aromatic rings. The third kappa shape index (κ3) is 2.01. The second-order valence-electron chi connectivity index (χ2n) is 6.26. The molecule has 1 fully saturated rings. The van der Waals surface area contributed by atoms with Crippen molar-refractivity contribution in [3.05, 3.63) is 53.6 Å². The highest BCUT2D eigenvalue weighted by Gasteiger charge is 2.49. The van der Waals surface area contributed by atoms with Crippen molar-refractivity contribution in [3.63, 3.8) is 0 Å². The maximum atomic E-state index is 4.64. The van der Waals surface area contributed by atoms with Crippen LogP contribution in [0.25, 0.3) is 0 Å². The van der Waals surface area contributed by atoms with Crippen LogP contribution >= 0.6 is 0 Å². The standard InChI is InChI=1S/C17H22N4/c1-13-17(16-15(7-9-20-17)18-12-19-16)8-10-21(13)11-14-5-3-2-4-6-14/h2-6,12-13,20H,7-11H2,1H3,(H,18,19). The molecule has 1 aromatic heterocycles. The van der Waals surface area contributed by atoms with Gasteiger partial charge in [-0.2, -0.15) is 0 Å². The first kappa shape index (κ1) is 13.0. The average molecular weight is 282 g/mol. The lowest BCUT2D eigenvalue weighted by Gasteiger charge is -2.39. The molecule has 4 rings (SSSR count). The second-order valence-corrected chi connectivity index (χ2v) is 6.26. The summed E-state index contributed by atoms with van der Waals surface area (Å²) in [5.74, 6) is 0. The predicted molar refractivity (Wildman–Crippen MR) is 82.9 cm³/mol. The Balaban J connectivity index is 1.61. The van der Waals surface area contributed by atoms with E-state index >= 15 is 0 Å². The van der Waals surface area contributed by atoms with Crippen molar-refractivity contribution in [3.8, 4) is 0 Å². The van der Waals surface area contributed by atoms with Crippen LogP contribution in [0.4, 0.5) is 0 Å². The van der Waals surface area contributed by atoms with E-state index in [4.69, 9.17) is 0 Å². The van der Waals surface area contributed by atoms with Gasteiger partial charge in [-0.05, 0) is 18.9 Å². The second kappa shape index (κ2) is 4.97. The summed E-state index contributed by atoms with van der Waals surface area (Å²) in [6.07, 6.45) is 4.05. The van der Waals surface area contributed by atoms with Gasteiger partial charge < -0.3 is 10.3 Å². The summed E-state index contributed by atoms with van der Waals surface area (Å²) < 4.78 is 0. The molecule has 0 bridgehead atoms. The lowest BCUT2D eigenvalue weighted by Crippen LogP contribution is -2.54. The van der Waals surface area contributed by atoms with E-state index in [1.54, 1.807) is 0 Å². The molecule has 1 saturated heterocycles. The molecule has 1 aromatic carbocycles. The molecule has 4 heteroatoms. The largest absolute Gasteiger partial charge is 0.348 e. The molecule has 2 aliphatic rings. The Kier molecular flexibility index (Phi) is 3.08.